The van der Waals surface area contributed by atoms with Gasteiger partial charge in [-0.1, -0.05) is 46.3 Å². The van der Waals surface area contributed by atoms with Crippen LogP contribution in [0.4, 0.5) is 0 Å². The third kappa shape index (κ3) is 3.40. The predicted octanol–water partition coefficient (Wildman–Crippen LogP) is 7.34. The molecule has 183 valence electrons. The molecule has 4 aliphatic carbocycles. The van der Waals surface area contributed by atoms with Gasteiger partial charge in [0.2, 0.25) is 0 Å². The van der Waals surface area contributed by atoms with Crippen molar-refractivity contribution in [2.75, 3.05) is 0 Å². The van der Waals surface area contributed by atoms with Gasteiger partial charge in [0.05, 0.1) is 11.7 Å². The van der Waals surface area contributed by atoms with E-state index >= 15 is 0 Å². The van der Waals surface area contributed by atoms with Gasteiger partial charge in [-0.25, -0.2) is 0 Å². The molecular weight excluding hydrogens is 392 g/mol. The minimum absolute atomic E-state index is 0.0289. The maximum absolute atomic E-state index is 11.6. The van der Waals surface area contributed by atoms with Crippen LogP contribution in [-0.4, -0.2) is 21.9 Å². The molecule has 0 aromatic carbocycles. The molecular formula is C30H51O2. The van der Waals surface area contributed by atoms with Gasteiger partial charge in [0.25, 0.3) is 0 Å². The Morgan fingerprint density at radius 3 is 2.34 bits per heavy atom. The number of allylic oxidation sites excluding steroid dienone is 2. The summed E-state index contributed by atoms with van der Waals surface area (Å²) in [6.07, 6.45) is 14.9. The second-order valence-corrected chi connectivity index (χ2v) is 14.2. The summed E-state index contributed by atoms with van der Waals surface area (Å²) in [4.78, 5) is 0. The quantitative estimate of drug-likeness (QED) is 0.446. The van der Waals surface area contributed by atoms with Gasteiger partial charge in [0.15, 0.2) is 0 Å². The molecule has 0 aromatic heterocycles. The molecule has 0 saturated heterocycles. The number of rotatable bonds is 4. The molecule has 32 heavy (non-hydrogen) atoms. The summed E-state index contributed by atoms with van der Waals surface area (Å²) in [5.41, 5.74) is 1.63. The van der Waals surface area contributed by atoms with Gasteiger partial charge in [0.1, 0.15) is 0 Å². The van der Waals surface area contributed by atoms with Gasteiger partial charge in [0, 0.05) is 0 Å². The van der Waals surface area contributed by atoms with Crippen molar-refractivity contribution in [3.63, 3.8) is 0 Å². The molecule has 2 N–H and O–H groups in total. The van der Waals surface area contributed by atoms with E-state index in [9.17, 15) is 10.2 Å². The van der Waals surface area contributed by atoms with Crippen molar-refractivity contribution in [3.8, 4) is 0 Å². The van der Waals surface area contributed by atoms with E-state index in [4.69, 9.17) is 0 Å². The zero-order valence-corrected chi connectivity index (χ0v) is 22.3. The van der Waals surface area contributed by atoms with Gasteiger partial charge in [-0.05, 0) is 130 Å². The Morgan fingerprint density at radius 1 is 1.00 bits per heavy atom. The Balaban J connectivity index is 1.61. The fraction of sp³-hybridized carbons (Fsp3) is 0.900. The second kappa shape index (κ2) is 7.84. The van der Waals surface area contributed by atoms with Crippen molar-refractivity contribution in [1.82, 2.24) is 0 Å². The fourth-order valence-corrected chi connectivity index (χ4v) is 9.95. The van der Waals surface area contributed by atoms with Gasteiger partial charge in [-0.2, -0.15) is 0 Å². The van der Waals surface area contributed by atoms with Crippen LogP contribution in [-0.2, 0) is 0 Å². The van der Waals surface area contributed by atoms with Crippen molar-refractivity contribution in [3.05, 3.63) is 18.1 Å². The first-order valence-electron chi connectivity index (χ1n) is 13.6. The molecule has 1 radical (unpaired) electrons. The molecule has 0 spiro atoms. The minimum Gasteiger partial charge on any atom is -0.393 e. The lowest BCUT2D eigenvalue weighted by Crippen LogP contribution is -2.64. The molecule has 0 aliphatic heterocycles. The molecule has 0 bridgehead atoms. The second-order valence-electron chi connectivity index (χ2n) is 14.2. The van der Waals surface area contributed by atoms with E-state index in [-0.39, 0.29) is 16.9 Å². The Labute approximate surface area is 198 Å². The topological polar surface area (TPSA) is 40.5 Å². The number of fused-ring (bicyclic) bond motifs is 5. The Hall–Kier alpha value is -0.340. The molecule has 9 atom stereocenters. The van der Waals surface area contributed by atoms with Crippen LogP contribution in [0.5, 0.6) is 0 Å². The molecule has 0 amide bonds. The van der Waals surface area contributed by atoms with Crippen LogP contribution < -0.4 is 0 Å². The molecule has 9 unspecified atom stereocenters. The summed E-state index contributed by atoms with van der Waals surface area (Å²) in [7, 11) is 0. The zero-order chi connectivity index (χ0) is 23.7. The summed E-state index contributed by atoms with van der Waals surface area (Å²) >= 11 is 0. The summed E-state index contributed by atoms with van der Waals surface area (Å²) in [6, 6.07) is 0. The van der Waals surface area contributed by atoms with Crippen molar-refractivity contribution in [2.45, 2.75) is 125 Å². The summed E-state index contributed by atoms with van der Waals surface area (Å²) in [5, 5.41) is 22.5. The molecule has 2 heteroatoms. The summed E-state index contributed by atoms with van der Waals surface area (Å²) in [6.45, 7) is 18.8. The Kier molecular flexibility index (Phi) is 6.07. The Bertz CT molecular complexity index is 746. The van der Waals surface area contributed by atoms with Crippen LogP contribution >= 0.6 is 0 Å². The van der Waals surface area contributed by atoms with E-state index in [1.54, 1.807) is 0 Å². The highest BCUT2D eigenvalue weighted by Gasteiger charge is 2.69. The van der Waals surface area contributed by atoms with E-state index in [1.165, 1.54) is 37.7 Å². The molecule has 0 heterocycles. The number of hydrogen-bond donors (Lipinski definition) is 2. The first-order chi connectivity index (χ1) is 14.7. The number of hydrogen-bond acceptors (Lipinski definition) is 2. The Morgan fingerprint density at radius 2 is 1.69 bits per heavy atom. The van der Waals surface area contributed by atoms with Crippen LogP contribution in [0, 0.1) is 51.8 Å². The van der Waals surface area contributed by atoms with E-state index in [0.29, 0.717) is 34.5 Å². The highest BCUT2D eigenvalue weighted by Crippen LogP contribution is 2.75. The van der Waals surface area contributed by atoms with Crippen molar-refractivity contribution < 1.29 is 10.2 Å². The highest BCUT2D eigenvalue weighted by atomic mass is 16.3. The van der Waals surface area contributed by atoms with Crippen LogP contribution in [0.15, 0.2) is 11.6 Å². The van der Waals surface area contributed by atoms with Crippen molar-refractivity contribution in [2.24, 2.45) is 45.3 Å². The monoisotopic (exact) mass is 443 g/mol. The van der Waals surface area contributed by atoms with Gasteiger partial charge in [-0.3, -0.25) is 0 Å². The van der Waals surface area contributed by atoms with Crippen LogP contribution in [0.3, 0.4) is 0 Å². The first kappa shape index (κ1) is 24.8. The first-order valence-corrected chi connectivity index (χ1v) is 13.6. The lowest BCUT2D eigenvalue weighted by Gasteiger charge is -2.69. The molecule has 0 aromatic rings. The fourth-order valence-electron chi connectivity index (χ4n) is 9.95. The molecule has 2 nitrogen and oxygen atoms in total. The standard InChI is InChI=1S/C30H51O2/c1-20(2)10-9-16-30(8,32)22-13-18-28(6)21(22)11-12-24-27(5)17-15-25(31)26(3,4)23(27)14-19-29(24,28)7/h10,14,21-25,31-32H,9,11-13,15-19H2,1-8H3. The normalized spacial score (nSPS) is 49.4. The average Bonchev–Trinajstić information content (AvgIpc) is 3.04. The molecule has 4 saturated carbocycles. The highest BCUT2D eigenvalue weighted by molar-refractivity contribution is 5.21. The van der Waals surface area contributed by atoms with E-state index in [2.05, 4.69) is 67.9 Å². The lowest BCUT2D eigenvalue weighted by atomic mass is 9.35. The minimum atomic E-state index is -0.570. The average molecular weight is 444 g/mol. The van der Waals surface area contributed by atoms with Crippen LogP contribution in [0.1, 0.15) is 113 Å². The molecule has 4 fully saturated rings. The lowest BCUT2D eigenvalue weighted by molar-refractivity contribution is -0.207. The maximum Gasteiger partial charge on any atom is 0.0653 e. The molecule has 4 aliphatic rings. The predicted molar refractivity (Wildman–Crippen MR) is 134 cm³/mol. The number of aliphatic hydroxyl groups excluding tert-OH is 1. The van der Waals surface area contributed by atoms with Gasteiger partial charge < -0.3 is 10.2 Å². The number of aliphatic hydroxyl groups is 2. The maximum atomic E-state index is 11.6. The summed E-state index contributed by atoms with van der Waals surface area (Å²) < 4.78 is 0. The van der Waals surface area contributed by atoms with Crippen molar-refractivity contribution >= 4 is 0 Å². The SMILES string of the molecule is CC(C)=CCCC(C)(O)C1CCC2(C)C1CCC1C3(C)CCC(O)C(C)(C)C3[CH]CC12C. The zero-order valence-electron chi connectivity index (χ0n) is 22.3. The van der Waals surface area contributed by atoms with Crippen LogP contribution in [0.2, 0.25) is 0 Å². The smallest absolute Gasteiger partial charge is 0.0653 e. The van der Waals surface area contributed by atoms with Gasteiger partial charge >= 0.3 is 0 Å². The van der Waals surface area contributed by atoms with Crippen molar-refractivity contribution in [1.29, 1.82) is 0 Å². The van der Waals surface area contributed by atoms with Crippen LogP contribution in [0.25, 0.3) is 0 Å². The third-order valence-electron chi connectivity index (χ3n) is 12.0. The largest absolute Gasteiger partial charge is 0.393 e. The van der Waals surface area contributed by atoms with E-state index in [1.807, 2.05) is 0 Å². The summed E-state index contributed by atoms with van der Waals surface area (Å²) in [5.74, 6) is 2.26. The third-order valence-corrected chi connectivity index (χ3v) is 12.0. The van der Waals surface area contributed by atoms with Gasteiger partial charge in [-0.15, -0.1) is 0 Å². The van der Waals surface area contributed by atoms with E-state index < -0.39 is 5.60 Å². The van der Waals surface area contributed by atoms with E-state index in [0.717, 1.165) is 25.7 Å². The molecule has 4 rings (SSSR count).